The lowest BCUT2D eigenvalue weighted by molar-refractivity contribution is 0.640. The van der Waals surface area contributed by atoms with Gasteiger partial charge in [-0.25, -0.2) is 0 Å². The Morgan fingerprint density at radius 3 is 2.92 bits per heavy atom. The van der Waals surface area contributed by atoms with Crippen molar-refractivity contribution in [2.24, 2.45) is 0 Å². The summed E-state index contributed by atoms with van der Waals surface area (Å²) < 4.78 is 0. The van der Waals surface area contributed by atoms with Gasteiger partial charge in [0.15, 0.2) is 0 Å². The zero-order valence-corrected chi connectivity index (χ0v) is 8.08. The second kappa shape index (κ2) is 3.92. The molecular weight excluding hydrogens is 170 g/mol. The largest absolute Gasteiger partial charge is 0.312 e. The molecule has 0 atom stereocenters. The number of hydrogen-bond acceptors (Lipinski definition) is 1. The Morgan fingerprint density at radius 2 is 2.17 bits per heavy atom. The number of benzene rings is 1. The molecule has 2 rings (SSSR count). The molecule has 0 amide bonds. The number of aryl methyl sites for hydroxylation is 1. The summed E-state index contributed by atoms with van der Waals surface area (Å²) in [6.07, 6.45) is 1.19. The van der Waals surface area contributed by atoms with E-state index in [0.29, 0.717) is 0 Å². The first-order valence-corrected chi connectivity index (χ1v) is 4.16. The van der Waals surface area contributed by atoms with Gasteiger partial charge in [-0.3, -0.25) is 0 Å². The van der Waals surface area contributed by atoms with Crippen LogP contribution in [0.25, 0.3) is 0 Å². The van der Waals surface area contributed by atoms with Gasteiger partial charge in [0.05, 0.1) is 0 Å². The number of nitrogens with one attached hydrogen (secondary N) is 1. The van der Waals surface area contributed by atoms with Crippen LogP contribution < -0.4 is 5.32 Å². The van der Waals surface area contributed by atoms with E-state index in [9.17, 15) is 0 Å². The van der Waals surface area contributed by atoms with Gasteiger partial charge in [0.2, 0.25) is 0 Å². The third-order valence-electron chi connectivity index (χ3n) is 2.38. The number of halogens is 1. The van der Waals surface area contributed by atoms with Crippen LogP contribution >= 0.6 is 12.4 Å². The number of hydrogen-bond donors (Lipinski definition) is 1. The Hall–Kier alpha value is -0.530. The third-order valence-corrected chi connectivity index (χ3v) is 2.38. The van der Waals surface area contributed by atoms with Crippen LogP contribution in [0, 0.1) is 6.92 Å². The maximum Gasteiger partial charge on any atom is 0.0210 e. The van der Waals surface area contributed by atoms with E-state index in [1.807, 2.05) is 0 Å². The molecule has 1 nitrogen and oxygen atoms in total. The fourth-order valence-electron chi connectivity index (χ4n) is 1.69. The highest BCUT2D eigenvalue weighted by Gasteiger charge is 2.08. The van der Waals surface area contributed by atoms with Gasteiger partial charge in [0, 0.05) is 6.54 Å². The predicted octanol–water partition coefficient (Wildman–Crippen LogP) is 2.06. The van der Waals surface area contributed by atoms with Gasteiger partial charge >= 0.3 is 0 Å². The fourth-order valence-corrected chi connectivity index (χ4v) is 1.69. The minimum atomic E-state index is 0. The van der Waals surface area contributed by atoms with Crippen LogP contribution in [-0.4, -0.2) is 6.54 Å². The first kappa shape index (κ1) is 9.56. The lowest BCUT2D eigenvalue weighted by Gasteiger charge is -2.18. The van der Waals surface area contributed by atoms with Crippen LogP contribution in [0.4, 0.5) is 0 Å². The summed E-state index contributed by atoms with van der Waals surface area (Å²) in [6, 6.07) is 6.58. The zero-order valence-electron chi connectivity index (χ0n) is 7.26. The van der Waals surface area contributed by atoms with Crippen molar-refractivity contribution in [2.75, 3.05) is 6.54 Å². The van der Waals surface area contributed by atoms with Crippen molar-refractivity contribution in [1.82, 2.24) is 5.32 Å². The molecule has 0 saturated carbocycles. The topological polar surface area (TPSA) is 12.0 Å². The van der Waals surface area contributed by atoms with Crippen LogP contribution in [0.15, 0.2) is 18.2 Å². The SMILES string of the molecule is Cc1cccc2c1CNCC2.Cl. The normalized spacial score (nSPS) is 14.8. The van der Waals surface area contributed by atoms with Gasteiger partial charge in [-0.15, -0.1) is 12.4 Å². The standard InChI is InChI=1S/C10H13N.ClH/c1-8-3-2-4-9-5-6-11-7-10(8)9;/h2-4,11H,5-7H2,1H3;1H. The van der Waals surface area contributed by atoms with Crippen molar-refractivity contribution in [3.63, 3.8) is 0 Å². The van der Waals surface area contributed by atoms with Gasteiger partial charge in [0.25, 0.3) is 0 Å². The van der Waals surface area contributed by atoms with Crippen molar-refractivity contribution in [3.8, 4) is 0 Å². The van der Waals surface area contributed by atoms with Gasteiger partial charge in [-0.1, -0.05) is 18.2 Å². The molecule has 0 unspecified atom stereocenters. The molecule has 0 bridgehead atoms. The summed E-state index contributed by atoms with van der Waals surface area (Å²) in [7, 11) is 0. The molecule has 2 heteroatoms. The zero-order chi connectivity index (χ0) is 7.68. The van der Waals surface area contributed by atoms with Crippen molar-refractivity contribution >= 4 is 12.4 Å². The van der Waals surface area contributed by atoms with E-state index >= 15 is 0 Å². The van der Waals surface area contributed by atoms with Crippen LogP contribution in [-0.2, 0) is 13.0 Å². The molecule has 0 fully saturated rings. The number of rotatable bonds is 0. The van der Waals surface area contributed by atoms with Crippen LogP contribution in [0.2, 0.25) is 0 Å². The molecule has 0 saturated heterocycles. The molecule has 0 aliphatic carbocycles. The summed E-state index contributed by atoms with van der Waals surface area (Å²) in [5.74, 6) is 0. The highest BCUT2D eigenvalue weighted by atomic mass is 35.5. The average molecular weight is 184 g/mol. The van der Waals surface area contributed by atoms with Gasteiger partial charge in [0.1, 0.15) is 0 Å². The van der Waals surface area contributed by atoms with E-state index in [-0.39, 0.29) is 12.4 Å². The molecule has 1 aromatic rings. The smallest absolute Gasteiger partial charge is 0.0210 e. The third kappa shape index (κ3) is 1.62. The minimum Gasteiger partial charge on any atom is -0.312 e. The van der Waals surface area contributed by atoms with E-state index in [4.69, 9.17) is 0 Å². The molecule has 66 valence electrons. The highest BCUT2D eigenvalue weighted by molar-refractivity contribution is 5.85. The van der Waals surface area contributed by atoms with Crippen LogP contribution in [0.3, 0.4) is 0 Å². The molecule has 0 spiro atoms. The van der Waals surface area contributed by atoms with Crippen LogP contribution in [0.5, 0.6) is 0 Å². The molecule has 1 heterocycles. The van der Waals surface area contributed by atoms with E-state index in [1.54, 1.807) is 0 Å². The van der Waals surface area contributed by atoms with E-state index in [0.717, 1.165) is 13.1 Å². The molecular formula is C10H14ClN. The van der Waals surface area contributed by atoms with Gasteiger partial charge in [-0.2, -0.15) is 0 Å². The highest BCUT2D eigenvalue weighted by Crippen LogP contribution is 2.16. The van der Waals surface area contributed by atoms with E-state index in [2.05, 4.69) is 30.4 Å². The van der Waals surface area contributed by atoms with Gasteiger partial charge in [-0.05, 0) is 36.6 Å². The van der Waals surface area contributed by atoms with Crippen molar-refractivity contribution in [3.05, 3.63) is 34.9 Å². The van der Waals surface area contributed by atoms with Crippen molar-refractivity contribution in [1.29, 1.82) is 0 Å². The van der Waals surface area contributed by atoms with Crippen molar-refractivity contribution < 1.29 is 0 Å². The van der Waals surface area contributed by atoms with Gasteiger partial charge < -0.3 is 5.32 Å². The summed E-state index contributed by atoms with van der Waals surface area (Å²) in [5, 5.41) is 3.38. The summed E-state index contributed by atoms with van der Waals surface area (Å²) in [6.45, 7) is 4.38. The Morgan fingerprint density at radius 1 is 1.33 bits per heavy atom. The second-order valence-corrected chi connectivity index (χ2v) is 3.14. The first-order valence-electron chi connectivity index (χ1n) is 4.16. The fraction of sp³-hybridized carbons (Fsp3) is 0.400. The molecule has 12 heavy (non-hydrogen) atoms. The Labute approximate surface area is 79.6 Å². The molecule has 1 aromatic carbocycles. The minimum absolute atomic E-state index is 0. The lowest BCUT2D eigenvalue weighted by Crippen LogP contribution is -2.24. The van der Waals surface area contributed by atoms with E-state index < -0.39 is 0 Å². The molecule has 1 aliphatic heterocycles. The molecule has 0 radical (unpaired) electrons. The Balaban J connectivity index is 0.000000720. The monoisotopic (exact) mass is 183 g/mol. The summed E-state index contributed by atoms with van der Waals surface area (Å²) in [4.78, 5) is 0. The quantitative estimate of drug-likeness (QED) is 0.650. The second-order valence-electron chi connectivity index (χ2n) is 3.14. The maximum atomic E-state index is 3.38. The molecule has 0 aromatic heterocycles. The van der Waals surface area contributed by atoms with Crippen molar-refractivity contribution in [2.45, 2.75) is 19.9 Å². The Kier molecular flexibility index (Phi) is 3.12. The average Bonchev–Trinajstić information content (AvgIpc) is 2.06. The lowest BCUT2D eigenvalue weighted by atomic mass is 9.97. The van der Waals surface area contributed by atoms with Crippen LogP contribution in [0.1, 0.15) is 16.7 Å². The maximum absolute atomic E-state index is 3.38. The predicted molar refractivity (Wildman–Crippen MR) is 53.8 cm³/mol. The summed E-state index contributed by atoms with van der Waals surface area (Å²) in [5.41, 5.74) is 4.47. The summed E-state index contributed by atoms with van der Waals surface area (Å²) >= 11 is 0. The molecule has 1 aliphatic rings. The van der Waals surface area contributed by atoms with E-state index in [1.165, 1.54) is 23.1 Å². The number of fused-ring (bicyclic) bond motifs is 1. The Bertz CT molecular complexity index is 271. The first-order chi connectivity index (χ1) is 5.38. The molecule has 1 N–H and O–H groups in total.